The van der Waals surface area contributed by atoms with Gasteiger partial charge in [-0.3, -0.25) is 4.68 Å². The lowest BCUT2D eigenvalue weighted by molar-refractivity contribution is 0.145. The quantitative estimate of drug-likeness (QED) is 0.410. The zero-order valence-electron chi connectivity index (χ0n) is 16.0. The second kappa shape index (κ2) is 10.00. The van der Waals surface area contributed by atoms with Crippen LogP contribution in [0, 0.1) is 6.92 Å². The molecular weight excluding hydrogens is 310 g/mol. The van der Waals surface area contributed by atoms with Crippen molar-refractivity contribution in [1.29, 1.82) is 0 Å². The van der Waals surface area contributed by atoms with Crippen LogP contribution in [0.2, 0.25) is 0 Å². The molecule has 1 heterocycles. The fourth-order valence-corrected chi connectivity index (χ4v) is 3.42. The van der Waals surface area contributed by atoms with E-state index < -0.39 is 6.43 Å². The molecule has 0 aliphatic rings. The molecule has 0 saturated heterocycles. The first kappa shape index (κ1) is 20.9. The van der Waals surface area contributed by atoms with E-state index in [4.69, 9.17) is 4.74 Å². The van der Waals surface area contributed by atoms with E-state index in [-0.39, 0.29) is 17.0 Å². The monoisotopic (exact) mass is 344 g/mol. The van der Waals surface area contributed by atoms with Gasteiger partial charge in [0.15, 0.2) is 0 Å². The molecule has 1 aromatic heterocycles. The second-order valence-corrected chi connectivity index (χ2v) is 6.99. The number of hydrogen-bond donors (Lipinski definition) is 0. The lowest BCUT2D eigenvalue weighted by Crippen LogP contribution is -2.32. The van der Waals surface area contributed by atoms with Crippen LogP contribution in [-0.2, 0) is 5.54 Å². The number of unbranched alkanes of at least 4 members (excludes halogenated alkanes) is 5. The number of aromatic nitrogens is 2. The van der Waals surface area contributed by atoms with Gasteiger partial charge in [-0.15, -0.1) is 5.10 Å². The molecule has 0 aliphatic heterocycles. The Labute approximate surface area is 145 Å². The van der Waals surface area contributed by atoms with E-state index in [2.05, 4.69) is 25.9 Å². The van der Waals surface area contributed by atoms with E-state index in [1.165, 1.54) is 32.8 Å². The highest BCUT2D eigenvalue weighted by molar-refractivity contribution is 5.32. The van der Waals surface area contributed by atoms with Gasteiger partial charge >= 0.3 is 0 Å². The summed E-state index contributed by atoms with van der Waals surface area (Å²) in [5.41, 5.74) is 0.243. The highest BCUT2D eigenvalue weighted by Crippen LogP contribution is 2.37. The van der Waals surface area contributed by atoms with Crippen LogP contribution in [0.25, 0.3) is 0 Å². The second-order valence-electron chi connectivity index (χ2n) is 6.99. The Balaban J connectivity index is 3.02. The third-order valence-corrected chi connectivity index (χ3v) is 4.94. The Bertz CT molecular complexity index is 488. The molecule has 0 amide bonds. The van der Waals surface area contributed by atoms with Crippen LogP contribution < -0.4 is 4.74 Å². The predicted molar refractivity (Wildman–Crippen MR) is 95.0 cm³/mol. The summed E-state index contributed by atoms with van der Waals surface area (Å²) < 4.78 is 33.7. The molecular formula is C19H34F2N2O. The number of alkyl halides is 2. The number of hydrogen-bond acceptors (Lipinski definition) is 2. The molecule has 0 aliphatic carbocycles. The van der Waals surface area contributed by atoms with Gasteiger partial charge in [0.2, 0.25) is 5.88 Å². The van der Waals surface area contributed by atoms with Crippen LogP contribution >= 0.6 is 0 Å². The van der Waals surface area contributed by atoms with E-state index in [0.29, 0.717) is 5.69 Å². The molecule has 1 aromatic rings. The molecule has 1 rings (SSSR count). The van der Waals surface area contributed by atoms with Crippen molar-refractivity contribution in [3.63, 3.8) is 0 Å². The van der Waals surface area contributed by atoms with Gasteiger partial charge in [0.1, 0.15) is 5.56 Å². The average molecular weight is 344 g/mol. The fourth-order valence-electron chi connectivity index (χ4n) is 3.42. The van der Waals surface area contributed by atoms with E-state index >= 15 is 0 Å². The van der Waals surface area contributed by atoms with Crippen molar-refractivity contribution in [3.05, 3.63) is 11.3 Å². The SMILES string of the molecule is CCCCCCCC(C)(CCCC)n1nc(OC)c(C(F)F)c1C. The third-order valence-electron chi connectivity index (χ3n) is 4.94. The first-order valence-electron chi connectivity index (χ1n) is 9.33. The molecule has 3 nitrogen and oxygen atoms in total. The van der Waals surface area contributed by atoms with Gasteiger partial charge in [0.05, 0.1) is 12.6 Å². The number of methoxy groups -OCH3 is 1. The molecule has 0 aromatic carbocycles. The van der Waals surface area contributed by atoms with E-state index in [0.717, 1.165) is 32.1 Å². The van der Waals surface area contributed by atoms with Gasteiger partial charge in [-0.05, 0) is 26.7 Å². The van der Waals surface area contributed by atoms with Crippen molar-refractivity contribution in [1.82, 2.24) is 9.78 Å². The van der Waals surface area contributed by atoms with Gasteiger partial charge in [-0.2, -0.15) is 0 Å². The number of nitrogens with zero attached hydrogens (tertiary/aromatic N) is 2. The highest BCUT2D eigenvalue weighted by Gasteiger charge is 2.33. The lowest BCUT2D eigenvalue weighted by Gasteiger charge is -2.32. The molecule has 0 radical (unpaired) electrons. The molecule has 0 bridgehead atoms. The van der Waals surface area contributed by atoms with Gasteiger partial charge in [-0.1, -0.05) is 58.8 Å². The molecule has 1 atom stereocenters. The number of halogens is 2. The summed E-state index contributed by atoms with van der Waals surface area (Å²) in [6.45, 7) is 8.24. The zero-order valence-corrected chi connectivity index (χ0v) is 16.0. The summed E-state index contributed by atoms with van der Waals surface area (Å²) in [7, 11) is 1.41. The van der Waals surface area contributed by atoms with Crippen LogP contribution in [0.1, 0.15) is 96.2 Å². The maximum Gasteiger partial charge on any atom is 0.270 e. The maximum atomic E-state index is 13.4. The highest BCUT2D eigenvalue weighted by atomic mass is 19.3. The standard InChI is InChI=1S/C19H34F2N2O/c1-6-8-10-11-12-14-19(4,13-9-7-2)23-15(3)16(17(20)21)18(22-23)24-5/h17H,6-14H2,1-5H3. The minimum absolute atomic E-state index is 0.0637. The lowest BCUT2D eigenvalue weighted by atomic mass is 9.88. The number of ether oxygens (including phenoxy) is 1. The van der Waals surface area contributed by atoms with E-state index in [1.54, 1.807) is 6.92 Å². The summed E-state index contributed by atoms with van der Waals surface area (Å²) >= 11 is 0. The molecule has 5 heteroatoms. The van der Waals surface area contributed by atoms with Crippen molar-refractivity contribution in [2.24, 2.45) is 0 Å². The van der Waals surface area contributed by atoms with Crippen molar-refractivity contribution in [2.75, 3.05) is 7.11 Å². The Kier molecular flexibility index (Phi) is 8.71. The smallest absolute Gasteiger partial charge is 0.270 e. The number of rotatable bonds is 12. The van der Waals surface area contributed by atoms with Crippen LogP contribution in [0.4, 0.5) is 8.78 Å². The van der Waals surface area contributed by atoms with Gasteiger partial charge in [0, 0.05) is 5.69 Å². The molecule has 0 saturated carbocycles. The molecule has 0 fully saturated rings. The third kappa shape index (κ3) is 5.18. The summed E-state index contributed by atoms with van der Waals surface area (Å²) in [4.78, 5) is 0. The van der Waals surface area contributed by atoms with Crippen LogP contribution in [-0.4, -0.2) is 16.9 Å². The van der Waals surface area contributed by atoms with Crippen LogP contribution in [0.5, 0.6) is 5.88 Å². The average Bonchev–Trinajstić information content (AvgIpc) is 2.90. The predicted octanol–water partition coefficient (Wildman–Crippen LogP) is 6.40. The van der Waals surface area contributed by atoms with Crippen LogP contribution in [0.3, 0.4) is 0 Å². The summed E-state index contributed by atoms with van der Waals surface area (Å²) in [6, 6.07) is 0. The van der Waals surface area contributed by atoms with E-state index in [9.17, 15) is 8.78 Å². The summed E-state index contributed by atoms with van der Waals surface area (Å²) in [5.74, 6) is 0.0659. The first-order valence-corrected chi connectivity index (χ1v) is 9.33. The van der Waals surface area contributed by atoms with E-state index in [1.807, 2.05) is 4.68 Å². The molecule has 140 valence electrons. The minimum atomic E-state index is -2.56. The van der Waals surface area contributed by atoms with Gasteiger partial charge < -0.3 is 4.74 Å². The zero-order chi connectivity index (χ0) is 18.2. The summed E-state index contributed by atoms with van der Waals surface area (Å²) in [5, 5.41) is 4.40. The van der Waals surface area contributed by atoms with Gasteiger partial charge in [0.25, 0.3) is 6.43 Å². The minimum Gasteiger partial charge on any atom is -0.480 e. The van der Waals surface area contributed by atoms with Crippen molar-refractivity contribution in [2.45, 2.75) is 97.4 Å². The molecule has 24 heavy (non-hydrogen) atoms. The Morgan fingerprint density at radius 2 is 1.62 bits per heavy atom. The Morgan fingerprint density at radius 1 is 1.04 bits per heavy atom. The maximum absolute atomic E-state index is 13.4. The Morgan fingerprint density at radius 3 is 2.12 bits per heavy atom. The van der Waals surface area contributed by atoms with Gasteiger partial charge in [-0.25, -0.2) is 8.78 Å². The van der Waals surface area contributed by atoms with Crippen molar-refractivity contribution < 1.29 is 13.5 Å². The molecule has 0 N–H and O–H groups in total. The largest absolute Gasteiger partial charge is 0.480 e. The first-order chi connectivity index (χ1) is 11.4. The topological polar surface area (TPSA) is 27.1 Å². The summed E-state index contributed by atoms with van der Waals surface area (Å²) in [6.07, 6.45) is 7.52. The van der Waals surface area contributed by atoms with Crippen molar-refractivity contribution >= 4 is 0 Å². The molecule has 1 unspecified atom stereocenters. The normalized spacial score (nSPS) is 14.2. The Hall–Kier alpha value is -1.13. The fraction of sp³-hybridized carbons (Fsp3) is 0.842. The van der Waals surface area contributed by atoms with Crippen LogP contribution in [0.15, 0.2) is 0 Å². The molecule has 0 spiro atoms. The van der Waals surface area contributed by atoms with Crippen molar-refractivity contribution in [3.8, 4) is 5.88 Å².